The van der Waals surface area contributed by atoms with Gasteiger partial charge in [-0.25, -0.2) is 9.78 Å². The van der Waals surface area contributed by atoms with Gasteiger partial charge in [0.2, 0.25) is 5.88 Å². The van der Waals surface area contributed by atoms with E-state index in [2.05, 4.69) is 9.88 Å². The topological polar surface area (TPSA) is 106 Å². The Morgan fingerprint density at radius 1 is 1.10 bits per heavy atom. The van der Waals surface area contributed by atoms with Crippen LogP contribution in [-0.4, -0.2) is 90.9 Å². The standard InChI is InChI=1S/C31H38N4O6/c1-20(2)41-30(37)23-18-35(19-31(3,4)26-27(23)32-24-10-11-25(38-5)33-28(24)26)29(36)21-6-8-22(9-7-21)40-17-14-34-12-15-39-16-13-34/h6-11,18,20,32H,12-17,19H2,1-5H3. The number of aromatic amines is 1. The number of methoxy groups -OCH3 is 1. The number of fused-ring (bicyclic) bond motifs is 3. The molecule has 41 heavy (non-hydrogen) atoms. The molecule has 2 aliphatic heterocycles. The van der Waals surface area contributed by atoms with Crippen LogP contribution in [0.25, 0.3) is 16.6 Å². The third-order valence-corrected chi connectivity index (χ3v) is 7.33. The first-order chi connectivity index (χ1) is 19.7. The number of H-pyrrole nitrogens is 1. The summed E-state index contributed by atoms with van der Waals surface area (Å²) < 4.78 is 22.3. The molecule has 0 unspecified atom stereocenters. The summed E-state index contributed by atoms with van der Waals surface area (Å²) in [6.07, 6.45) is 1.27. The molecule has 10 nitrogen and oxygen atoms in total. The van der Waals surface area contributed by atoms with Gasteiger partial charge in [0.1, 0.15) is 12.4 Å². The molecule has 0 saturated carbocycles. The van der Waals surface area contributed by atoms with Gasteiger partial charge in [0.05, 0.1) is 48.7 Å². The maximum absolute atomic E-state index is 13.8. The molecule has 2 aromatic heterocycles. The number of carbonyl (C=O) groups excluding carboxylic acids is 2. The minimum absolute atomic E-state index is 0.229. The van der Waals surface area contributed by atoms with Crippen LogP contribution in [0.1, 0.15) is 49.3 Å². The van der Waals surface area contributed by atoms with Gasteiger partial charge in [-0.1, -0.05) is 13.8 Å². The van der Waals surface area contributed by atoms with Crippen LogP contribution in [0.2, 0.25) is 0 Å². The summed E-state index contributed by atoms with van der Waals surface area (Å²) >= 11 is 0. The molecule has 0 spiro atoms. The van der Waals surface area contributed by atoms with Crippen LogP contribution in [0.4, 0.5) is 0 Å². The number of amides is 1. The van der Waals surface area contributed by atoms with Gasteiger partial charge in [-0.3, -0.25) is 9.69 Å². The number of morpholine rings is 1. The number of nitrogens with one attached hydrogen (secondary N) is 1. The van der Waals surface area contributed by atoms with Crippen molar-refractivity contribution in [2.75, 3.05) is 53.1 Å². The first kappa shape index (κ1) is 28.6. The predicted octanol–water partition coefficient (Wildman–Crippen LogP) is 4.01. The second kappa shape index (κ2) is 11.9. The third-order valence-electron chi connectivity index (χ3n) is 7.33. The van der Waals surface area contributed by atoms with Crippen molar-refractivity contribution in [3.8, 4) is 11.6 Å². The Morgan fingerprint density at radius 2 is 1.83 bits per heavy atom. The Hall–Kier alpha value is -3.89. The molecular weight excluding hydrogens is 524 g/mol. The van der Waals surface area contributed by atoms with Crippen molar-refractivity contribution in [2.45, 2.75) is 39.2 Å². The summed E-state index contributed by atoms with van der Waals surface area (Å²) in [4.78, 5) is 39.2. The van der Waals surface area contributed by atoms with Gasteiger partial charge in [0.15, 0.2) is 0 Å². The molecule has 5 rings (SSSR count). The van der Waals surface area contributed by atoms with E-state index in [-0.39, 0.29) is 17.6 Å². The summed E-state index contributed by atoms with van der Waals surface area (Å²) in [5, 5.41) is 0. The third kappa shape index (κ3) is 6.23. The largest absolute Gasteiger partial charge is 0.492 e. The number of esters is 1. The van der Waals surface area contributed by atoms with E-state index in [1.54, 1.807) is 62.4 Å². The zero-order chi connectivity index (χ0) is 29.1. The van der Waals surface area contributed by atoms with E-state index >= 15 is 0 Å². The average Bonchev–Trinajstić information content (AvgIpc) is 3.29. The Morgan fingerprint density at radius 3 is 2.51 bits per heavy atom. The zero-order valence-corrected chi connectivity index (χ0v) is 24.4. The van der Waals surface area contributed by atoms with E-state index in [9.17, 15) is 9.59 Å². The van der Waals surface area contributed by atoms with Crippen molar-refractivity contribution in [2.24, 2.45) is 0 Å². The average molecular weight is 563 g/mol. The van der Waals surface area contributed by atoms with Crippen molar-refractivity contribution in [3.63, 3.8) is 0 Å². The van der Waals surface area contributed by atoms with E-state index in [0.717, 1.165) is 43.9 Å². The number of hydrogen-bond acceptors (Lipinski definition) is 8. The Labute approximate surface area is 240 Å². The van der Waals surface area contributed by atoms with Crippen molar-refractivity contribution in [3.05, 3.63) is 59.4 Å². The lowest BCUT2D eigenvalue weighted by molar-refractivity contribution is -0.140. The number of aromatic nitrogens is 2. The van der Waals surface area contributed by atoms with Gasteiger partial charge in [-0.15, -0.1) is 0 Å². The van der Waals surface area contributed by atoms with E-state index in [0.29, 0.717) is 41.6 Å². The Bertz CT molecular complexity index is 1440. The number of pyridine rings is 1. The maximum atomic E-state index is 13.8. The highest BCUT2D eigenvalue weighted by Crippen LogP contribution is 2.40. The van der Waals surface area contributed by atoms with Gasteiger partial charge in [-0.05, 0) is 44.2 Å². The second-order valence-corrected chi connectivity index (χ2v) is 11.3. The first-order valence-electron chi connectivity index (χ1n) is 14.0. The van der Waals surface area contributed by atoms with Gasteiger partial charge >= 0.3 is 5.97 Å². The van der Waals surface area contributed by atoms with Crippen LogP contribution in [0.15, 0.2) is 42.6 Å². The minimum Gasteiger partial charge on any atom is -0.492 e. The van der Waals surface area contributed by atoms with Crippen LogP contribution < -0.4 is 9.47 Å². The fourth-order valence-electron chi connectivity index (χ4n) is 5.33. The monoisotopic (exact) mass is 562 g/mol. The molecule has 1 fully saturated rings. The van der Waals surface area contributed by atoms with E-state index in [1.165, 1.54) is 0 Å². The molecule has 0 atom stereocenters. The zero-order valence-electron chi connectivity index (χ0n) is 24.4. The van der Waals surface area contributed by atoms with Crippen LogP contribution in [0.5, 0.6) is 11.6 Å². The number of hydrogen-bond donors (Lipinski definition) is 1. The summed E-state index contributed by atoms with van der Waals surface area (Å²) in [6, 6.07) is 10.8. The number of benzene rings is 1. The fraction of sp³-hybridized carbons (Fsp3) is 0.452. The molecule has 1 amide bonds. The molecule has 218 valence electrons. The van der Waals surface area contributed by atoms with Crippen molar-refractivity contribution >= 4 is 28.5 Å². The number of nitrogens with zero attached hydrogens (tertiary/aromatic N) is 3. The quantitative estimate of drug-likeness (QED) is 0.411. The van der Waals surface area contributed by atoms with Gasteiger partial charge in [0.25, 0.3) is 5.91 Å². The minimum atomic E-state index is -0.568. The summed E-state index contributed by atoms with van der Waals surface area (Å²) in [5.74, 6) is 0.422. The fourth-order valence-corrected chi connectivity index (χ4v) is 5.33. The Kier molecular flexibility index (Phi) is 8.32. The molecule has 3 aromatic rings. The van der Waals surface area contributed by atoms with Crippen LogP contribution in [-0.2, 0) is 19.7 Å². The molecule has 0 aliphatic carbocycles. The number of rotatable bonds is 8. The molecule has 10 heteroatoms. The number of ether oxygens (including phenoxy) is 4. The highest BCUT2D eigenvalue weighted by Gasteiger charge is 2.38. The van der Waals surface area contributed by atoms with Crippen molar-refractivity contribution < 1.29 is 28.5 Å². The molecule has 0 bridgehead atoms. The van der Waals surface area contributed by atoms with E-state index in [4.69, 9.17) is 23.9 Å². The maximum Gasteiger partial charge on any atom is 0.342 e. The normalized spacial score (nSPS) is 17.1. The lowest BCUT2D eigenvalue weighted by Crippen LogP contribution is -2.38. The first-order valence-corrected chi connectivity index (χ1v) is 14.0. The molecule has 4 heterocycles. The van der Waals surface area contributed by atoms with Gasteiger partial charge in [-0.2, -0.15) is 0 Å². The van der Waals surface area contributed by atoms with Crippen LogP contribution in [0, 0.1) is 0 Å². The van der Waals surface area contributed by atoms with E-state index in [1.807, 2.05) is 19.9 Å². The lowest BCUT2D eigenvalue weighted by atomic mass is 9.83. The molecule has 0 radical (unpaired) electrons. The SMILES string of the molecule is COc1ccc2[nH]c3c(c2n1)C(C)(C)CN(C(=O)c1ccc(OCCN2CCOCC2)cc1)C=C3C(=O)OC(C)C. The molecular formula is C31H38N4O6. The molecule has 1 N–H and O–H groups in total. The molecule has 2 aliphatic rings. The van der Waals surface area contributed by atoms with Crippen LogP contribution in [0.3, 0.4) is 0 Å². The molecule has 1 aromatic carbocycles. The highest BCUT2D eigenvalue weighted by atomic mass is 16.5. The Balaban J connectivity index is 1.42. The van der Waals surface area contributed by atoms with Crippen molar-refractivity contribution in [1.82, 2.24) is 19.8 Å². The lowest BCUT2D eigenvalue weighted by Gasteiger charge is -2.29. The van der Waals surface area contributed by atoms with Gasteiger partial charge in [0, 0.05) is 55.0 Å². The summed E-state index contributed by atoms with van der Waals surface area (Å²) in [7, 11) is 1.57. The summed E-state index contributed by atoms with van der Waals surface area (Å²) in [5.41, 5.74) is 3.09. The smallest absolute Gasteiger partial charge is 0.342 e. The van der Waals surface area contributed by atoms with E-state index < -0.39 is 11.4 Å². The number of carbonyl (C=O) groups is 2. The van der Waals surface area contributed by atoms with Crippen LogP contribution >= 0.6 is 0 Å². The highest BCUT2D eigenvalue weighted by molar-refractivity contribution is 6.18. The van der Waals surface area contributed by atoms with Crippen molar-refractivity contribution in [1.29, 1.82) is 0 Å². The van der Waals surface area contributed by atoms with Gasteiger partial charge < -0.3 is 28.8 Å². The summed E-state index contributed by atoms with van der Waals surface area (Å²) in [6.45, 7) is 12.7. The molecule has 1 saturated heterocycles. The second-order valence-electron chi connectivity index (χ2n) is 11.3. The predicted molar refractivity (Wildman–Crippen MR) is 155 cm³/mol.